The molecule has 0 radical (unpaired) electrons. The Labute approximate surface area is 73.6 Å². The molecule has 0 heterocycles. The maximum Gasteiger partial charge on any atom is 2.00 e. The summed E-state index contributed by atoms with van der Waals surface area (Å²) in [4.78, 5) is 0. The van der Waals surface area contributed by atoms with Crippen LogP contribution in [0.15, 0.2) is 0 Å². The molecule has 0 bridgehead atoms. The van der Waals surface area contributed by atoms with Crippen LogP contribution in [0, 0.1) is 0 Å². The molecule has 4 heteroatoms. The van der Waals surface area contributed by atoms with Crippen molar-refractivity contribution in [3.8, 4) is 0 Å². The molecule has 0 saturated carbocycles. The van der Waals surface area contributed by atoms with Crippen LogP contribution in [-0.2, 0) is 0 Å². The van der Waals surface area contributed by atoms with Crippen molar-refractivity contribution < 1.29 is 8.33 Å². The van der Waals surface area contributed by atoms with Gasteiger partial charge in [0.1, 0.15) is 0 Å². The Bertz CT molecular complexity index is 13.5. The predicted octanol–water partition coefficient (Wildman–Crippen LogP) is -3.62. The van der Waals surface area contributed by atoms with Gasteiger partial charge in [0, 0.05) is 0 Å². The molecule has 0 saturated heterocycles. The first-order valence-electron chi connectivity index (χ1n) is 0. The fourth-order valence-electron chi connectivity index (χ4n) is 0. The van der Waals surface area contributed by atoms with E-state index in [2.05, 4.69) is 0 Å². The average molecular weight is 122 g/mol. The van der Waals surface area contributed by atoms with Gasteiger partial charge in [-0.3, -0.25) is 0 Å². The Morgan fingerprint density at radius 1 is 1.25 bits per heavy atom. The van der Waals surface area contributed by atoms with Gasteiger partial charge in [0.15, 0.2) is 17.4 Å². The molecule has 0 aliphatic heterocycles. The summed E-state index contributed by atoms with van der Waals surface area (Å²) < 4.78 is 0. The Balaban J connectivity index is 0. The Morgan fingerprint density at radius 2 is 1.25 bits per heavy atom. The summed E-state index contributed by atoms with van der Waals surface area (Å²) in [5, 5.41) is 0. The molecule has 0 rings (SSSR count). The average Bonchev–Trinajstić information content (AvgIpc) is 0. The zero-order valence-corrected chi connectivity index (χ0v) is 3.42. The van der Waals surface area contributed by atoms with E-state index in [1.807, 2.05) is 0 Å². The van der Waals surface area contributed by atoms with Crippen LogP contribution in [0.25, 0.3) is 0 Å². The van der Waals surface area contributed by atoms with Gasteiger partial charge < -0.3 is 8.33 Å². The zero-order valence-electron chi connectivity index (χ0n) is 3.21. The van der Waals surface area contributed by atoms with Crippen LogP contribution in [0.2, 0.25) is 0 Å². The molecular formula is H11AlCaOSi. The topological polar surface area (TPSA) is 31.5 Å². The largest absolute Gasteiger partial charge is 2.00 e. The van der Waals surface area contributed by atoms with E-state index in [0.717, 1.165) is 0 Å². The number of rotatable bonds is 0. The third-order valence-electron chi connectivity index (χ3n) is 0. The van der Waals surface area contributed by atoms with Gasteiger partial charge >= 0.3 is 37.7 Å². The number of hydrogen-bond acceptors (Lipinski definition) is 0. The first kappa shape index (κ1) is 38.0. The summed E-state index contributed by atoms with van der Waals surface area (Å²) in [6.45, 7) is 0. The zero-order chi connectivity index (χ0) is 0. The van der Waals surface area contributed by atoms with Crippen LogP contribution < -0.4 is 0 Å². The molecule has 4 heavy (non-hydrogen) atoms. The van der Waals surface area contributed by atoms with Crippen LogP contribution in [0.5, 0.6) is 0 Å². The fourth-order valence-corrected chi connectivity index (χ4v) is 0. The summed E-state index contributed by atoms with van der Waals surface area (Å²) in [6.07, 6.45) is 0. The molecule has 26 valence electrons. The summed E-state index contributed by atoms with van der Waals surface area (Å²) in [7, 11) is 0. The molecule has 0 spiro atoms. The maximum atomic E-state index is 0. The van der Waals surface area contributed by atoms with E-state index in [-0.39, 0.29) is 74.4 Å². The normalized spacial score (nSPS) is 0. The molecule has 1 nitrogen and oxygen atoms in total. The molecule has 0 fully saturated rings. The molecule has 0 atom stereocenters. The van der Waals surface area contributed by atoms with Gasteiger partial charge in [0.2, 0.25) is 0 Å². The van der Waals surface area contributed by atoms with E-state index in [0.29, 0.717) is 0 Å². The van der Waals surface area contributed by atoms with Crippen molar-refractivity contribution >= 4 is 66.1 Å². The Hall–Kier alpha value is 1.97. The van der Waals surface area contributed by atoms with Crippen molar-refractivity contribution in [2.24, 2.45) is 0 Å². The van der Waals surface area contributed by atoms with Gasteiger partial charge in [-0.2, -0.15) is 0 Å². The van der Waals surface area contributed by atoms with Crippen LogP contribution in [0.1, 0.15) is 2.85 Å². The molecule has 2 N–H and O–H groups in total. The first-order chi connectivity index (χ1) is 0. The quantitative estimate of drug-likeness (QED) is 0.297. The van der Waals surface area contributed by atoms with Crippen molar-refractivity contribution in [3.63, 3.8) is 0 Å². The Morgan fingerprint density at radius 3 is 1.25 bits per heavy atom. The van der Waals surface area contributed by atoms with Crippen molar-refractivity contribution in [2.75, 3.05) is 0 Å². The van der Waals surface area contributed by atoms with E-state index >= 15 is 0 Å². The molecule has 0 aliphatic carbocycles. The Kier molecular flexibility index (Phi) is 192. The van der Waals surface area contributed by atoms with Crippen molar-refractivity contribution in [3.05, 3.63) is 0 Å². The van der Waals surface area contributed by atoms with Crippen molar-refractivity contribution in [1.82, 2.24) is 0 Å². The third kappa shape index (κ3) is 9.02. The molecular weight excluding hydrogens is 111 g/mol. The summed E-state index contributed by atoms with van der Waals surface area (Å²) >= 11 is 0. The van der Waals surface area contributed by atoms with E-state index < -0.39 is 0 Å². The SMILES string of the molecule is O.[AlH3].[Ca+2].[H-].[H-].[SiH4]. The summed E-state index contributed by atoms with van der Waals surface area (Å²) in [5.41, 5.74) is 0. The van der Waals surface area contributed by atoms with Gasteiger partial charge in [-0.15, -0.1) is 0 Å². The second-order valence-corrected chi connectivity index (χ2v) is 0. The van der Waals surface area contributed by atoms with Crippen LogP contribution in [-0.4, -0.2) is 71.5 Å². The third-order valence-corrected chi connectivity index (χ3v) is 0. The predicted molar refractivity (Wildman–Crippen MR) is 32.9 cm³/mol. The van der Waals surface area contributed by atoms with E-state index in [1.165, 1.54) is 0 Å². The molecule has 0 aliphatic rings. The van der Waals surface area contributed by atoms with Gasteiger partial charge in [-0.05, 0) is 11.0 Å². The minimum absolute atomic E-state index is 0. The molecule has 0 aromatic heterocycles. The summed E-state index contributed by atoms with van der Waals surface area (Å²) in [5.74, 6) is 0. The minimum Gasteiger partial charge on any atom is -1.00 e. The second kappa shape index (κ2) is 20.2. The molecule has 0 amide bonds. The van der Waals surface area contributed by atoms with Crippen molar-refractivity contribution in [1.29, 1.82) is 0 Å². The van der Waals surface area contributed by atoms with Crippen molar-refractivity contribution in [2.45, 2.75) is 0 Å². The van der Waals surface area contributed by atoms with Crippen LogP contribution in [0.3, 0.4) is 0 Å². The van der Waals surface area contributed by atoms with Crippen LogP contribution in [0.4, 0.5) is 0 Å². The van der Waals surface area contributed by atoms with Gasteiger partial charge in [-0.1, -0.05) is 0 Å². The van der Waals surface area contributed by atoms with Crippen LogP contribution >= 0.6 is 0 Å². The maximum absolute atomic E-state index is 0. The van der Waals surface area contributed by atoms with E-state index in [9.17, 15) is 0 Å². The summed E-state index contributed by atoms with van der Waals surface area (Å²) in [6, 6.07) is 0. The van der Waals surface area contributed by atoms with E-state index in [4.69, 9.17) is 0 Å². The molecule has 0 unspecified atom stereocenters. The van der Waals surface area contributed by atoms with Gasteiger partial charge in [-0.25, -0.2) is 0 Å². The minimum atomic E-state index is 0. The van der Waals surface area contributed by atoms with E-state index in [1.54, 1.807) is 0 Å². The fraction of sp³-hybridized carbons (Fsp3) is 0. The van der Waals surface area contributed by atoms with Gasteiger partial charge in [0.05, 0.1) is 0 Å². The number of hydrogen-bond donors (Lipinski definition) is 0. The molecule has 0 aromatic rings. The molecule has 0 aromatic carbocycles. The second-order valence-electron chi connectivity index (χ2n) is 0. The monoisotopic (exact) mass is 122 g/mol. The smallest absolute Gasteiger partial charge is 1.00 e. The van der Waals surface area contributed by atoms with Gasteiger partial charge in [0.25, 0.3) is 0 Å². The standard InChI is InChI=1S/Al.Ca.H2O.H4Si.5H/h;;1H2;1H4;;;;;/q;+2;;;;;;2*-1. The first-order valence-corrected chi connectivity index (χ1v) is 0.